The van der Waals surface area contributed by atoms with E-state index in [2.05, 4.69) is 24.9 Å². The molecule has 2 aliphatic heterocycles. The van der Waals surface area contributed by atoms with Crippen molar-refractivity contribution in [2.75, 3.05) is 59.1 Å². The van der Waals surface area contributed by atoms with Crippen molar-refractivity contribution in [3.05, 3.63) is 47.5 Å². The number of anilines is 1. The Morgan fingerprint density at radius 2 is 1.78 bits per heavy atom. The van der Waals surface area contributed by atoms with Crippen LogP contribution in [0.3, 0.4) is 0 Å². The Balaban J connectivity index is 1.57. The Bertz CT molecular complexity index is 1160. The highest BCUT2D eigenvalue weighted by Crippen LogP contribution is 2.33. The molecular formula is C32H47N3O6. The molecule has 1 N–H and O–H groups in total. The normalized spacial score (nSPS) is 22.6. The zero-order chi connectivity index (χ0) is 29.5. The number of hydrogen-bond donors (Lipinski definition) is 1. The second-order valence-electron chi connectivity index (χ2n) is 11.8. The first-order valence-corrected chi connectivity index (χ1v) is 14.7. The van der Waals surface area contributed by atoms with Crippen LogP contribution in [0.15, 0.2) is 36.4 Å². The van der Waals surface area contributed by atoms with E-state index >= 15 is 0 Å². The molecular weight excluding hydrogens is 522 g/mol. The van der Waals surface area contributed by atoms with Crippen molar-refractivity contribution in [1.82, 2.24) is 9.80 Å². The quantitative estimate of drug-likeness (QED) is 0.525. The first-order valence-electron chi connectivity index (χ1n) is 14.7. The predicted octanol–water partition coefficient (Wildman–Crippen LogP) is 4.41. The minimum Gasteiger partial charge on any atom is -0.490 e. The van der Waals surface area contributed by atoms with Gasteiger partial charge in [-0.15, -0.1) is 0 Å². The van der Waals surface area contributed by atoms with E-state index in [0.717, 1.165) is 48.6 Å². The van der Waals surface area contributed by atoms with Crippen molar-refractivity contribution in [2.24, 2.45) is 5.92 Å². The molecule has 1 amide bonds. The molecule has 0 unspecified atom stereocenters. The fourth-order valence-corrected chi connectivity index (χ4v) is 5.37. The van der Waals surface area contributed by atoms with Crippen molar-refractivity contribution >= 4 is 11.6 Å². The third-order valence-electron chi connectivity index (χ3n) is 7.93. The fourth-order valence-electron chi connectivity index (χ4n) is 5.37. The monoisotopic (exact) mass is 569 g/mol. The summed E-state index contributed by atoms with van der Waals surface area (Å²) >= 11 is 0. The summed E-state index contributed by atoms with van der Waals surface area (Å²) in [5.41, 5.74) is 2.58. The number of carbonyl (C=O) groups excluding carboxylic acids is 1. The molecule has 0 saturated heterocycles. The van der Waals surface area contributed by atoms with Gasteiger partial charge in [0.2, 0.25) is 6.79 Å². The number of carbonyl (C=O) groups is 1. The van der Waals surface area contributed by atoms with Gasteiger partial charge in [0, 0.05) is 51.9 Å². The van der Waals surface area contributed by atoms with Crippen LogP contribution < -0.4 is 19.1 Å². The van der Waals surface area contributed by atoms with E-state index < -0.39 is 0 Å². The second-order valence-corrected chi connectivity index (χ2v) is 11.8. The van der Waals surface area contributed by atoms with Crippen LogP contribution in [0, 0.1) is 5.92 Å². The van der Waals surface area contributed by atoms with Crippen LogP contribution in [-0.2, 0) is 11.3 Å². The summed E-state index contributed by atoms with van der Waals surface area (Å²) in [6, 6.07) is 11.5. The van der Waals surface area contributed by atoms with E-state index in [4.69, 9.17) is 18.9 Å². The topological polar surface area (TPSA) is 83.9 Å². The van der Waals surface area contributed by atoms with Gasteiger partial charge < -0.3 is 33.9 Å². The molecule has 2 aromatic rings. The van der Waals surface area contributed by atoms with E-state index in [1.807, 2.05) is 63.2 Å². The average molecular weight is 570 g/mol. The van der Waals surface area contributed by atoms with Gasteiger partial charge in [0.25, 0.3) is 5.91 Å². The van der Waals surface area contributed by atoms with Gasteiger partial charge in [-0.25, -0.2) is 0 Å². The Kier molecular flexibility index (Phi) is 10.8. The summed E-state index contributed by atoms with van der Waals surface area (Å²) in [5.74, 6) is 2.02. The average Bonchev–Trinajstić information content (AvgIpc) is 3.42. The standard InChI is InChI=1S/C32H47N3O6/c1-22-17-35(23(2)20-36)32(37)27-16-26(33(4)5)11-13-28(27)41-24(3)9-7-8-14-38-31(22)19-34(6)18-25-10-12-29-30(15-25)40-21-39-29/h10-13,15-16,22-24,31,36H,7-9,14,17-21H2,1-6H3/t22-,23-,24-,31+/m0/s1. The lowest BCUT2D eigenvalue weighted by atomic mass is 10.0. The summed E-state index contributed by atoms with van der Waals surface area (Å²) in [6.45, 7) is 8.71. The van der Waals surface area contributed by atoms with Gasteiger partial charge in [-0.05, 0) is 76.1 Å². The summed E-state index contributed by atoms with van der Waals surface area (Å²) in [6.07, 6.45) is 2.64. The largest absolute Gasteiger partial charge is 0.490 e. The van der Waals surface area contributed by atoms with Crippen LogP contribution >= 0.6 is 0 Å². The number of aliphatic hydroxyl groups is 1. The molecule has 9 nitrogen and oxygen atoms in total. The van der Waals surface area contributed by atoms with Crippen LogP contribution in [-0.4, -0.2) is 93.3 Å². The number of rotatable bonds is 7. The Morgan fingerprint density at radius 1 is 1.02 bits per heavy atom. The summed E-state index contributed by atoms with van der Waals surface area (Å²) in [7, 11) is 6.00. The summed E-state index contributed by atoms with van der Waals surface area (Å²) in [5, 5.41) is 10.1. The molecule has 0 saturated carbocycles. The molecule has 4 atom stereocenters. The van der Waals surface area contributed by atoms with Crippen LogP contribution in [0.1, 0.15) is 56.0 Å². The Hall–Kier alpha value is -3.01. The fraction of sp³-hybridized carbons (Fsp3) is 0.594. The maximum absolute atomic E-state index is 14.1. The van der Waals surface area contributed by atoms with Gasteiger partial charge in [0.1, 0.15) is 5.75 Å². The molecule has 0 radical (unpaired) electrons. The molecule has 0 aromatic heterocycles. The van der Waals surface area contributed by atoms with Crippen LogP contribution in [0.4, 0.5) is 5.69 Å². The smallest absolute Gasteiger partial charge is 0.258 e. The van der Waals surface area contributed by atoms with Gasteiger partial charge in [-0.1, -0.05) is 13.0 Å². The minimum absolute atomic E-state index is 0.0235. The molecule has 0 aliphatic carbocycles. The zero-order valence-corrected chi connectivity index (χ0v) is 25.5. The van der Waals surface area contributed by atoms with Crippen LogP contribution in [0.5, 0.6) is 17.2 Å². The predicted molar refractivity (Wildman–Crippen MR) is 160 cm³/mol. The molecule has 0 spiro atoms. The molecule has 9 heteroatoms. The minimum atomic E-state index is -0.363. The highest BCUT2D eigenvalue weighted by atomic mass is 16.7. The Morgan fingerprint density at radius 3 is 2.54 bits per heavy atom. The molecule has 2 aliphatic rings. The third-order valence-corrected chi connectivity index (χ3v) is 7.93. The molecule has 2 aromatic carbocycles. The van der Waals surface area contributed by atoms with Gasteiger partial charge >= 0.3 is 0 Å². The van der Waals surface area contributed by atoms with E-state index in [9.17, 15) is 9.90 Å². The van der Waals surface area contributed by atoms with Crippen molar-refractivity contribution in [3.8, 4) is 17.2 Å². The highest BCUT2D eigenvalue weighted by molar-refractivity contribution is 5.98. The number of hydrogen-bond acceptors (Lipinski definition) is 8. The van der Waals surface area contributed by atoms with E-state index in [1.54, 1.807) is 4.90 Å². The van der Waals surface area contributed by atoms with Crippen molar-refractivity contribution in [1.29, 1.82) is 0 Å². The molecule has 41 heavy (non-hydrogen) atoms. The van der Waals surface area contributed by atoms with Crippen LogP contribution in [0.25, 0.3) is 0 Å². The van der Waals surface area contributed by atoms with E-state index in [1.165, 1.54) is 0 Å². The number of amides is 1. The number of aliphatic hydroxyl groups excluding tert-OH is 1. The van der Waals surface area contributed by atoms with E-state index in [0.29, 0.717) is 31.0 Å². The van der Waals surface area contributed by atoms with Gasteiger partial charge in [-0.2, -0.15) is 0 Å². The number of fused-ring (bicyclic) bond motifs is 2. The third kappa shape index (κ3) is 8.05. The first kappa shape index (κ1) is 30.9. The highest BCUT2D eigenvalue weighted by Gasteiger charge is 2.30. The lowest BCUT2D eigenvalue weighted by Crippen LogP contribution is -2.47. The maximum atomic E-state index is 14.1. The molecule has 0 fully saturated rings. The van der Waals surface area contributed by atoms with Gasteiger partial charge in [0.05, 0.1) is 30.4 Å². The van der Waals surface area contributed by atoms with Crippen LogP contribution in [0.2, 0.25) is 0 Å². The number of nitrogens with zero attached hydrogens (tertiary/aromatic N) is 3. The SMILES string of the molecule is C[C@H]1CCCCO[C@H](CN(C)Cc2ccc3c(c2)OCO3)[C@@H](C)CN([C@@H](C)CO)C(=O)c2cc(N(C)C)ccc2O1. The zero-order valence-electron chi connectivity index (χ0n) is 25.5. The second kappa shape index (κ2) is 14.2. The van der Waals surface area contributed by atoms with E-state index in [-0.39, 0.29) is 43.5 Å². The van der Waals surface area contributed by atoms with Crippen molar-refractivity contribution < 1.29 is 28.8 Å². The molecule has 0 bridgehead atoms. The summed E-state index contributed by atoms with van der Waals surface area (Å²) in [4.78, 5) is 20.1. The number of ether oxygens (including phenoxy) is 4. The first-order chi connectivity index (χ1) is 19.7. The number of benzene rings is 2. The number of likely N-dealkylation sites (N-methyl/N-ethyl adjacent to an activating group) is 1. The molecule has 2 heterocycles. The van der Waals surface area contributed by atoms with Gasteiger partial charge in [-0.3, -0.25) is 9.69 Å². The molecule has 226 valence electrons. The van der Waals surface area contributed by atoms with Crippen molar-refractivity contribution in [3.63, 3.8) is 0 Å². The Labute approximate surface area is 244 Å². The van der Waals surface area contributed by atoms with Crippen molar-refractivity contribution in [2.45, 2.75) is 64.8 Å². The molecule has 4 rings (SSSR count). The maximum Gasteiger partial charge on any atom is 0.258 e. The van der Waals surface area contributed by atoms with Gasteiger partial charge in [0.15, 0.2) is 11.5 Å². The lowest BCUT2D eigenvalue weighted by Gasteiger charge is -2.36. The lowest BCUT2D eigenvalue weighted by molar-refractivity contribution is -0.0177. The summed E-state index contributed by atoms with van der Waals surface area (Å²) < 4.78 is 23.8.